The number of aromatic nitrogens is 2. The summed E-state index contributed by atoms with van der Waals surface area (Å²) in [6, 6.07) is 1.96. The van der Waals surface area contributed by atoms with Crippen LogP contribution in [0, 0.1) is 27.7 Å². The van der Waals surface area contributed by atoms with Crippen molar-refractivity contribution in [3.63, 3.8) is 0 Å². The number of fused-ring (bicyclic) bond motifs is 1. The van der Waals surface area contributed by atoms with Gasteiger partial charge in [-0.1, -0.05) is 0 Å². The van der Waals surface area contributed by atoms with Crippen LogP contribution in [0.2, 0.25) is 0 Å². The Morgan fingerprint density at radius 3 is 2.47 bits per heavy atom. The molecule has 0 atom stereocenters. The molecule has 0 amide bonds. The van der Waals surface area contributed by atoms with Gasteiger partial charge in [0.05, 0.1) is 5.39 Å². The minimum atomic E-state index is 0.109. The normalized spacial score (nSPS) is 11.1. The van der Waals surface area contributed by atoms with E-state index in [2.05, 4.69) is 16.5 Å². The molecule has 0 bridgehead atoms. The van der Waals surface area contributed by atoms with Gasteiger partial charge in [0.2, 0.25) is 0 Å². The predicted molar refractivity (Wildman–Crippen MR) is 70.6 cm³/mol. The first-order valence-corrected chi connectivity index (χ1v) is 5.95. The molecule has 0 N–H and O–H groups in total. The lowest BCUT2D eigenvalue weighted by Crippen LogP contribution is -2.17. The molecular formula is C14H18N2O. The van der Waals surface area contributed by atoms with Crippen molar-refractivity contribution in [3.8, 4) is 0 Å². The van der Waals surface area contributed by atoms with Crippen LogP contribution in [0.5, 0.6) is 0 Å². The molecule has 0 aliphatic heterocycles. The average Bonchev–Trinajstić information content (AvgIpc) is 2.30. The largest absolute Gasteiger partial charge is 0.330 e. The van der Waals surface area contributed by atoms with Gasteiger partial charge in [-0.25, -0.2) is 4.98 Å². The highest BCUT2D eigenvalue weighted by molar-refractivity contribution is 5.77. The highest BCUT2D eigenvalue weighted by Crippen LogP contribution is 2.16. The van der Waals surface area contributed by atoms with E-state index in [1.54, 1.807) is 0 Å². The monoisotopic (exact) mass is 230 g/mol. The van der Waals surface area contributed by atoms with Gasteiger partial charge in [-0.05, 0) is 46.2 Å². The smallest absolute Gasteiger partial charge is 0.194 e. The van der Waals surface area contributed by atoms with Gasteiger partial charge in [0.25, 0.3) is 0 Å². The summed E-state index contributed by atoms with van der Waals surface area (Å²) in [4.78, 5) is 16.8. The van der Waals surface area contributed by atoms with Crippen LogP contribution in [-0.4, -0.2) is 9.55 Å². The average molecular weight is 230 g/mol. The second-order valence-corrected chi connectivity index (χ2v) is 4.55. The summed E-state index contributed by atoms with van der Waals surface area (Å²) in [6.07, 6.45) is 0. The van der Waals surface area contributed by atoms with Crippen LogP contribution >= 0.6 is 0 Å². The van der Waals surface area contributed by atoms with Gasteiger partial charge < -0.3 is 4.57 Å². The number of hydrogen-bond donors (Lipinski definition) is 0. The molecule has 3 nitrogen and oxygen atoms in total. The molecule has 90 valence electrons. The zero-order valence-corrected chi connectivity index (χ0v) is 11.1. The van der Waals surface area contributed by atoms with Gasteiger partial charge in [0.1, 0.15) is 5.65 Å². The van der Waals surface area contributed by atoms with Crippen LogP contribution < -0.4 is 5.43 Å². The van der Waals surface area contributed by atoms with Crippen LogP contribution in [0.4, 0.5) is 0 Å². The lowest BCUT2D eigenvalue weighted by atomic mass is 10.1. The van der Waals surface area contributed by atoms with E-state index >= 15 is 0 Å². The Hall–Kier alpha value is -1.64. The number of rotatable bonds is 1. The SMILES string of the molecule is CCn1c(C)c(C)c(=O)c2cc(C)c(C)nc21. The van der Waals surface area contributed by atoms with E-state index in [0.717, 1.165) is 40.1 Å². The molecule has 0 unspecified atom stereocenters. The third-order valence-electron chi connectivity index (χ3n) is 3.55. The Kier molecular flexibility index (Phi) is 2.77. The van der Waals surface area contributed by atoms with Gasteiger partial charge in [0.15, 0.2) is 5.43 Å². The van der Waals surface area contributed by atoms with Crippen LogP contribution in [0.3, 0.4) is 0 Å². The van der Waals surface area contributed by atoms with Crippen LogP contribution in [0.1, 0.15) is 29.4 Å². The fraction of sp³-hybridized carbons (Fsp3) is 0.429. The Labute approximate surface area is 101 Å². The van der Waals surface area contributed by atoms with Gasteiger partial charge in [-0.3, -0.25) is 4.79 Å². The van der Waals surface area contributed by atoms with E-state index in [0.29, 0.717) is 0 Å². The minimum absolute atomic E-state index is 0.109. The highest BCUT2D eigenvalue weighted by atomic mass is 16.1. The fourth-order valence-corrected chi connectivity index (χ4v) is 2.18. The first kappa shape index (κ1) is 11.8. The van der Waals surface area contributed by atoms with Crippen LogP contribution in [0.25, 0.3) is 11.0 Å². The minimum Gasteiger partial charge on any atom is -0.330 e. The molecule has 2 heterocycles. The maximum atomic E-state index is 12.2. The van der Waals surface area contributed by atoms with Crippen molar-refractivity contribution in [1.29, 1.82) is 0 Å². The lowest BCUT2D eigenvalue weighted by molar-refractivity contribution is 0.740. The van der Waals surface area contributed by atoms with Gasteiger partial charge >= 0.3 is 0 Å². The second-order valence-electron chi connectivity index (χ2n) is 4.55. The molecule has 2 aromatic heterocycles. The summed E-state index contributed by atoms with van der Waals surface area (Å²) >= 11 is 0. The van der Waals surface area contributed by atoms with Crippen molar-refractivity contribution in [3.05, 3.63) is 38.8 Å². The van der Waals surface area contributed by atoms with Crippen LogP contribution in [-0.2, 0) is 6.54 Å². The van der Waals surface area contributed by atoms with Crippen LogP contribution in [0.15, 0.2) is 10.9 Å². The van der Waals surface area contributed by atoms with E-state index in [4.69, 9.17) is 0 Å². The van der Waals surface area contributed by atoms with Crippen molar-refractivity contribution >= 4 is 11.0 Å². The Morgan fingerprint density at radius 1 is 1.24 bits per heavy atom. The lowest BCUT2D eigenvalue weighted by Gasteiger charge is -2.15. The van der Waals surface area contributed by atoms with E-state index < -0.39 is 0 Å². The molecule has 2 rings (SSSR count). The molecule has 0 fully saturated rings. The van der Waals surface area contributed by atoms with Crippen molar-refractivity contribution in [2.24, 2.45) is 0 Å². The summed E-state index contributed by atoms with van der Waals surface area (Å²) in [5.41, 5.74) is 4.81. The molecular weight excluding hydrogens is 212 g/mol. The van der Waals surface area contributed by atoms with Crippen molar-refractivity contribution in [2.45, 2.75) is 41.2 Å². The van der Waals surface area contributed by atoms with E-state index in [-0.39, 0.29) is 5.43 Å². The number of nitrogens with zero attached hydrogens (tertiary/aromatic N) is 2. The van der Waals surface area contributed by atoms with E-state index in [1.165, 1.54) is 0 Å². The Balaban J connectivity index is 3.07. The molecule has 0 saturated carbocycles. The Morgan fingerprint density at radius 2 is 1.88 bits per heavy atom. The number of hydrogen-bond acceptors (Lipinski definition) is 2. The molecule has 0 saturated heterocycles. The molecule has 0 aromatic carbocycles. The summed E-state index contributed by atoms with van der Waals surface area (Å²) < 4.78 is 2.11. The molecule has 0 spiro atoms. The summed E-state index contributed by atoms with van der Waals surface area (Å²) in [7, 11) is 0. The standard InChI is InChI=1S/C14H18N2O/c1-6-16-11(5)9(3)13(17)12-7-8(2)10(4)15-14(12)16/h7H,6H2,1-5H3. The van der Waals surface area contributed by atoms with Crippen molar-refractivity contribution in [2.75, 3.05) is 0 Å². The quantitative estimate of drug-likeness (QED) is 0.755. The molecule has 0 aliphatic rings. The fourth-order valence-electron chi connectivity index (χ4n) is 2.18. The highest BCUT2D eigenvalue weighted by Gasteiger charge is 2.12. The predicted octanol–water partition coefficient (Wildman–Crippen LogP) is 2.65. The topological polar surface area (TPSA) is 34.9 Å². The third-order valence-corrected chi connectivity index (χ3v) is 3.55. The van der Waals surface area contributed by atoms with Gasteiger partial charge in [-0.2, -0.15) is 0 Å². The number of pyridine rings is 2. The van der Waals surface area contributed by atoms with E-state index in [9.17, 15) is 4.79 Å². The first-order valence-electron chi connectivity index (χ1n) is 5.95. The van der Waals surface area contributed by atoms with Gasteiger partial charge in [0, 0.05) is 23.5 Å². The molecule has 2 aromatic rings. The summed E-state index contributed by atoms with van der Waals surface area (Å²) in [5.74, 6) is 0. The Bertz CT molecular complexity index is 654. The first-order chi connectivity index (χ1) is 7.97. The zero-order chi connectivity index (χ0) is 12.7. The maximum Gasteiger partial charge on any atom is 0.194 e. The number of aryl methyl sites for hydroxylation is 3. The second kappa shape index (κ2) is 3.99. The summed E-state index contributed by atoms with van der Waals surface area (Å²) in [6.45, 7) is 10.8. The van der Waals surface area contributed by atoms with E-state index in [1.807, 2.05) is 33.8 Å². The molecule has 0 radical (unpaired) electrons. The zero-order valence-electron chi connectivity index (χ0n) is 11.1. The third kappa shape index (κ3) is 1.66. The van der Waals surface area contributed by atoms with Crippen molar-refractivity contribution < 1.29 is 0 Å². The van der Waals surface area contributed by atoms with Gasteiger partial charge in [-0.15, -0.1) is 0 Å². The molecule has 3 heteroatoms. The molecule has 17 heavy (non-hydrogen) atoms. The maximum absolute atomic E-state index is 12.2. The van der Waals surface area contributed by atoms with Crippen molar-refractivity contribution in [1.82, 2.24) is 9.55 Å². The molecule has 0 aliphatic carbocycles. The summed E-state index contributed by atoms with van der Waals surface area (Å²) in [5, 5.41) is 0.734.